The molecule has 0 atom stereocenters. The fraction of sp³-hybridized carbons (Fsp3) is 0.154. The molecule has 0 aliphatic carbocycles. The Balaban J connectivity index is 2.45. The van der Waals surface area contributed by atoms with Crippen LogP contribution in [-0.4, -0.2) is 12.9 Å². The lowest BCUT2D eigenvalue weighted by atomic mass is 10.1. The van der Waals surface area contributed by atoms with E-state index in [0.29, 0.717) is 26.2 Å². The Labute approximate surface area is 114 Å². The molecule has 0 aliphatic heterocycles. The third-order valence-corrected chi connectivity index (χ3v) is 4.11. The van der Waals surface area contributed by atoms with Gasteiger partial charge in [0.25, 0.3) is 0 Å². The number of ether oxygens (including phenoxy) is 1. The summed E-state index contributed by atoms with van der Waals surface area (Å²) in [5.74, 6) is 0.369. The minimum absolute atomic E-state index is 0.105. The fourth-order valence-corrected chi connectivity index (χ4v) is 2.76. The molecule has 0 fully saturated rings. The number of hydrogen-bond donors (Lipinski definition) is 1. The summed E-state index contributed by atoms with van der Waals surface area (Å²) in [5, 5.41) is 0. The van der Waals surface area contributed by atoms with Crippen molar-refractivity contribution in [3.05, 3.63) is 44.6 Å². The smallest absolute Gasteiger partial charge is 0.206 e. The van der Waals surface area contributed by atoms with Gasteiger partial charge in [0.1, 0.15) is 5.75 Å². The zero-order chi connectivity index (χ0) is 13.3. The van der Waals surface area contributed by atoms with Crippen molar-refractivity contribution in [3.8, 4) is 5.75 Å². The number of benzene rings is 1. The molecule has 0 saturated heterocycles. The lowest BCUT2D eigenvalue weighted by Gasteiger charge is -2.07. The monoisotopic (exact) mass is 281 g/mol. The zero-order valence-corrected chi connectivity index (χ0v) is 11.6. The van der Waals surface area contributed by atoms with Crippen molar-refractivity contribution in [2.45, 2.75) is 6.92 Å². The average molecular weight is 282 g/mol. The van der Waals surface area contributed by atoms with Gasteiger partial charge in [0.2, 0.25) is 5.78 Å². The third kappa shape index (κ3) is 2.35. The Bertz CT molecular complexity index is 588. The summed E-state index contributed by atoms with van der Waals surface area (Å²) >= 11 is 7.24. The van der Waals surface area contributed by atoms with Crippen LogP contribution in [0.15, 0.2) is 24.3 Å². The molecule has 0 bridgehead atoms. The second kappa shape index (κ2) is 5.00. The summed E-state index contributed by atoms with van der Waals surface area (Å²) in [5.41, 5.74) is 7.61. The number of ketones is 1. The quantitative estimate of drug-likeness (QED) is 0.692. The number of aryl methyl sites for hydroxylation is 1. The van der Waals surface area contributed by atoms with Crippen LogP contribution in [0.4, 0.5) is 5.69 Å². The first-order valence-corrected chi connectivity index (χ1v) is 6.46. The van der Waals surface area contributed by atoms with Crippen LogP contribution in [0, 0.1) is 6.92 Å². The van der Waals surface area contributed by atoms with Crippen molar-refractivity contribution in [2.75, 3.05) is 12.8 Å². The van der Waals surface area contributed by atoms with Crippen LogP contribution >= 0.6 is 22.9 Å². The highest BCUT2D eigenvalue weighted by atomic mass is 35.5. The van der Waals surface area contributed by atoms with Crippen LogP contribution in [-0.2, 0) is 0 Å². The van der Waals surface area contributed by atoms with Gasteiger partial charge in [0.05, 0.1) is 21.9 Å². The van der Waals surface area contributed by atoms with Crippen LogP contribution in [0.3, 0.4) is 0 Å². The van der Waals surface area contributed by atoms with Crippen LogP contribution in [0.1, 0.15) is 20.8 Å². The standard InChI is InChI=1S/C13H12ClNO2S/c1-7-5-11(18-13(7)14)12(16)9-4-3-8(15)6-10(9)17-2/h3-6H,15H2,1-2H3. The molecule has 0 unspecified atom stereocenters. The van der Waals surface area contributed by atoms with Gasteiger partial charge in [-0.05, 0) is 30.7 Å². The minimum atomic E-state index is -0.105. The first-order valence-electron chi connectivity index (χ1n) is 5.27. The van der Waals surface area contributed by atoms with Gasteiger partial charge in [-0.1, -0.05) is 11.6 Å². The van der Waals surface area contributed by atoms with Crippen LogP contribution in [0.25, 0.3) is 0 Å². The summed E-state index contributed by atoms with van der Waals surface area (Å²) < 4.78 is 5.81. The van der Waals surface area contributed by atoms with E-state index in [2.05, 4.69) is 0 Å². The Kier molecular flexibility index (Phi) is 3.59. The molecule has 0 spiro atoms. The van der Waals surface area contributed by atoms with Gasteiger partial charge in [-0.15, -0.1) is 11.3 Å². The maximum atomic E-state index is 12.3. The number of rotatable bonds is 3. The summed E-state index contributed by atoms with van der Waals surface area (Å²) in [4.78, 5) is 12.9. The molecule has 1 aromatic heterocycles. The number of nitrogen functional groups attached to an aromatic ring is 1. The molecule has 0 amide bonds. The molecule has 94 valence electrons. The summed E-state index contributed by atoms with van der Waals surface area (Å²) in [6.07, 6.45) is 0. The van der Waals surface area contributed by atoms with Crippen LogP contribution in [0.2, 0.25) is 4.34 Å². The second-order valence-electron chi connectivity index (χ2n) is 3.86. The number of nitrogens with two attached hydrogens (primary N) is 1. The number of carbonyl (C=O) groups is 1. The summed E-state index contributed by atoms with van der Waals surface area (Å²) in [6, 6.07) is 6.76. The topological polar surface area (TPSA) is 52.3 Å². The van der Waals surface area contributed by atoms with Crippen molar-refractivity contribution in [1.29, 1.82) is 0 Å². The highest BCUT2D eigenvalue weighted by Gasteiger charge is 2.17. The van der Waals surface area contributed by atoms with E-state index in [9.17, 15) is 4.79 Å². The maximum Gasteiger partial charge on any atom is 0.206 e. The molecule has 1 heterocycles. The number of thiophene rings is 1. The molecule has 5 heteroatoms. The van der Waals surface area contributed by atoms with Gasteiger partial charge in [-0.3, -0.25) is 4.79 Å². The molecule has 0 aliphatic rings. The molecule has 2 rings (SSSR count). The number of carbonyl (C=O) groups excluding carboxylic acids is 1. The summed E-state index contributed by atoms with van der Waals surface area (Å²) in [6.45, 7) is 1.87. The van der Waals surface area contributed by atoms with E-state index in [1.807, 2.05) is 6.92 Å². The SMILES string of the molecule is COc1cc(N)ccc1C(=O)c1cc(C)c(Cl)s1. The van der Waals surface area contributed by atoms with E-state index >= 15 is 0 Å². The predicted molar refractivity (Wildman–Crippen MR) is 74.9 cm³/mol. The van der Waals surface area contributed by atoms with E-state index < -0.39 is 0 Å². The van der Waals surface area contributed by atoms with Crippen LogP contribution in [0.5, 0.6) is 5.75 Å². The van der Waals surface area contributed by atoms with Crippen LogP contribution < -0.4 is 10.5 Å². The van der Waals surface area contributed by atoms with Crippen molar-refractivity contribution in [3.63, 3.8) is 0 Å². The number of anilines is 1. The largest absolute Gasteiger partial charge is 0.496 e. The first kappa shape index (κ1) is 12.9. The average Bonchev–Trinajstić information content (AvgIpc) is 2.68. The molecule has 0 radical (unpaired) electrons. The Morgan fingerprint density at radius 1 is 1.39 bits per heavy atom. The molecular weight excluding hydrogens is 270 g/mol. The fourth-order valence-electron chi connectivity index (χ4n) is 1.60. The molecule has 1 aromatic carbocycles. The van der Waals surface area contributed by atoms with Crippen molar-refractivity contribution >= 4 is 34.4 Å². The van der Waals surface area contributed by atoms with E-state index in [1.54, 1.807) is 24.3 Å². The maximum absolute atomic E-state index is 12.3. The summed E-state index contributed by atoms with van der Waals surface area (Å²) in [7, 11) is 1.51. The van der Waals surface area contributed by atoms with E-state index in [4.69, 9.17) is 22.1 Å². The normalized spacial score (nSPS) is 10.4. The van der Waals surface area contributed by atoms with Gasteiger partial charge >= 0.3 is 0 Å². The van der Waals surface area contributed by atoms with Crippen molar-refractivity contribution in [1.82, 2.24) is 0 Å². The van der Waals surface area contributed by atoms with E-state index in [1.165, 1.54) is 18.4 Å². The molecule has 18 heavy (non-hydrogen) atoms. The van der Waals surface area contributed by atoms with Gasteiger partial charge in [-0.2, -0.15) is 0 Å². The van der Waals surface area contributed by atoms with E-state index in [0.717, 1.165) is 5.56 Å². The lowest BCUT2D eigenvalue weighted by Crippen LogP contribution is -2.02. The number of halogens is 1. The number of methoxy groups -OCH3 is 1. The molecule has 2 N–H and O–H groups in total. The van der Waals surface area contributed by atoms with Crippen molar-refractivity contribution < 1.29 is 9.53 Å². The Morgan fingerprint density at radius 3 is 2.67 bits per heavy atom. The second-order valence-corrected chi connectivity index (χ2v) is 5.51. The zero-order valence-electron chi connectivity index (χ0n) is 9.99. The molecule has 2 aromatic rings. The van der Waals surface area contributed by atoms with Gasteiger partial charge in [-0.25, -0.2) is 0 Å². The van der Waals surface area contributed by atoms with Crippen molar-refractivity contribution in [2.24, 2.45) is 0 Å². The minimum Gasteiger partial charge on any atom is -0.496 e. The van der Waals surface area contributed by atoms with Gasteiger partial charge < -0.3 is 10.5 Å². The number of hydrogen-bond acceptors (Lipinski definition) is 4. The Morgan fingerprint density at radius 2 is 2.11 bits per heavy atom. The van der Waals surface area contributed by atoms with Gasteiger partial charge in [0.15, 0.2) is 0 Å². The Hall–Kier alpha value is -1.52. The third-order valence-electron chi connectivity index (χ3n) is 2.55. The lowest BCUT2D eigenvalue weighted by molar-refractivity contribution is 0.103. The predicted octanol–water partition coefficient (Wildman–Crippen LogP) is 3.53. The molecule has 3 nitrogen and oxygen atoms in total. The molecule has 0 saturated carbocycles. The van der Waals surface area contributed by atoms with E-state index in [-0.39, 0.29) is 5.78 Å². The highest BCUT2D eigenvalue weighted by Crippen LogP contribution is 2.31. The highest BCUT2D eigenvalue weighted by molar-refractivity contribution is 7.18. The van der Waals surface area contributed by atoms with Gasteiger partial charge in [0, 0.05) is 11.8 Å². The molecular formula is C13H12ClNO2S. The first-order chi connectivity index (χ1) is 8.52.